The molecular weight excluding hydrogens is 342 g/mol. The van der Waals surface area contributed by atoms with Crippen molar-refractivity contribution in [1.82, 2.24) is 4.98 Å². The number of allylic oxidation sites excluding steroid dienone is 2. The van der Waals surface area contributed by atoms with Crippen LogP contribution in [-0.2, 0) is 0 Å². The summed E-state index contributed by atoms with van der Waals surface area (Å²) in [5.74, 6) is 3.07. The van der Waals surface area contributed by atoms with Crippen LogP contribution >= 0.6 is 0 Å². The Balaban J connectivity index is 0.000000829. The maximum Gasteiger partial charge on any atom is 0.0607 e. The van der Waals surface area contributed by atoms with E-state index in [0.717, 1.165) is 18.3 Å². The summed E-state index contributed by atoms with van der Waals surface area (Å²) >= 11 is 0. The fourth-order valence-electron chi connectivity index (χ4n) is 8.85. The first-order valence-electron chi connectivity index (χ1n) is 11.8. The van der Waals surface area contributed by atoms with Gasteiger partial charge >= 0.3 is 0 Å². The van der Waals surface area contributed by atoms with E-state index in [2.05, 4.69) is 37.0 Å². The molecule has 1 aromatic heterocycles. The van der Waals surface area contributed by atoms with E-state index >= 15 is 0 Å². The summed E-state index contributed by atoms with van der Waals surface area (Å²) < 4.78 is 0. The predicted octanol–water partition coefficient (Wildman–Crippen LogP) is 6.11. The summed E-state index contributed by atoms with van der Waals surface area (Å²) in [7, 11) is 0. The van der Waals surface area contributed by atoms with Gasteiger partial charge in [0.25, 0.3) is 0 Å². The van der Waals surface area contributed by atoms with Crippen molar-refractivity contribution in [3.05, 3.63) is 36.2 Å². The molecule has 1 aromatic rings. The van der Waals surface area contributed by atoms with E-state index in [4.69, 9.17) is 0 Å². The molecule has 1 N–H and O–H groups in total. The molecule has 6 rings (SSSR count). The monoisotopic (exact) mass is 379 g/mol. The van der Waals surface area contributed by atoms with E-state index in [-0.39, 0.29) is 11.5 Å². The summed E-state index contributed by atoms with van der Waals surface area (Å²) in [6.45, 7) is 9.07. The molecule has 2 nitrogen and oxygen atoms in total. The van der Waals surface area contributed by atoms with Crippen LogP contribution in [-0.4, -0.2) is 16.2 Å². The van der Waals surface area contributed by atoms with Crippen molar-refractivity contribution < 1.29 is 5.11 Å². The average molecular weight is 380 g/mol. The number of nitrogens with zero attached hydrogens (tertiary/aromatic N) is 1. The quantitative estimate of drug-likeness (QED) is 0.638. The molecule has 0 radical (unpaired) electrons. The molecule has 1 spiro atoms. The third-order valence-electron chi connectivity index (χ3n) is 10.1. The lowest BCUT2D eigenvalue weighted by Gasteiger charge is -2.60. The Bertz CT molecular complexity index is 787. The molecule has 0 saturated heterocycles. The Morgan fingerprint density at radius 3 is 2.64 bits per heavy atom. The molecule has 0 aromatic carbocycles. The van der Waals surface area contributed by atoms with Crippen LogP contribution in [0.4, 0.5) is 0 Å². The molecule has 4 fully saturated rings. The highest BCUT2D eigenvalue weighted by Crippen LogP contribution is 2.81. The zero-order valence-electron chi connectivity index (χ0n) is 18.1. The van der Waals surface area contributed by atoms with Gasteiger partial charge in [0, 0.05) is 17.8 Å². The summed E-state index contributed by atoms with van der Waals surface area (Å²) in [4.78, 5) is 4.38. The Morgan fingerprint density at radius 2 is 1.93 bits per heavy atom. The van der Waals surface area contributed by atoms with E-state index < -0.39 is 0 Å². The van der Waals surface area contributed by atoms with E-state index in [0.29, 0.717) is 22.7 Å². The van der Waals surface area contributed by atoms with Gasteiger partial charge in [-0.3, -0.25) is 4.98 Å². The first-order valence-corrected chi connectivity index (χ1v) is 11.8. The smallest absolute Gasteiger partial charge is 0.0607 e. The Labute approximate surface area is 170 Å². The number of rotatable bonds is 1. The lowest BCUT2D eigenvalue weighted by atomic mass is 9.45. The van der Waals surface area contributed by atoms with E-state index in [1.54, 1.807) is 0 Å². The second-order valence-corrected chi connectivity index (χ2v) is 10.6. The Hall–Kier alpha value is -1.15. The normalized spacial score (nSPS) is 50.3. The fourth-order valence-corrected chi connectivity index (χ4v) is 8.85. The largest absolute Gasteiger partial charge is 0.393 e. The molecule has 5 aliphatic carbocycles. The lowest BCUT2D eigenvalue weighted by molar-refractivity contribution is -0.140. The molecule has 2 heteroatoms. The minimum atomic E-state index is -0.0500. The van der Waals surface area contributed by atoms with Crippen molar-refractivity contribution >= 4 is 5.57 Å². The number of fused-ring (bicyclic) bond motifs is 4. The van der Waals surface area contributed by atoms with Gasteiger partial charge in [-0.15, -0.1) is 0 Å². The zero-order chi connectivity index (χ0) is 19.7. The Kier molecular flexibility index (Phi) is 4.16. The second kappa shape index (κ2) is 6.17. The molecule has 0 amide bonds. The minimum absolute atomic E-state index is 0.0500. The molecule has 4 saturated carbocycles. The van der Waals surface area contributed by atoms with Crippen molar-refractivity contribution in [2.24, 2.45) is 39.9 Å². The maximum absolute atomic E-state index is 11.2. The third-order valence-corrected chi connectivity index (χ3v) is 10.1. The highest BCUT2D eigenvalue weighted by molar-refractivity contribution is 5.72. The van der Waals surface area contributed by atoms with Crippen molar-refractivity contribution in [2.75, 3.05) is 0 Å². The SMILES string of the molecule is CC.CC12CCC3C(CC(O)C45CC4CCC35C)C1CC=C2c1cccnc1. The third kappa shape index (κ3) is 2.11. The number of aliphatic hydroxyl groups excluding tert-OH is 1. The first kappa shape index (κ1) is 18.9. The van der Waals surface area contributed by atoms with Crippen LogP contribution in [0.15, 0.2) is 30.6 Å². The van der Waals surface area contributed by atoms with Gasteiger partial charge in [-0.2, -0.15) is 0 Å². The van der Waals surface area contributed by atoms with Crippen LogP contribution in [0.3, 0.4) is 0 Å². The van der Waals surface area contributed by atoms with Gasteiger partial charge in [0.15, 0.2) is 0 Å². The van der Waals surface area contributed by atoms with E-state index in [1.165, 1.54) is 49.7 Å². The summed E-state index contributed by atoms with van der Waals surface area (Å²) in [6, 6.07) is 4.30. The lowest BCUT2D eigenvalue weighted by Crippen LogP contribution is -2.56. The molecule has 5 aliphatic rings. The summed E-state index contributed by atoms with van der Waals surface area (Å²) in [5, 5.41) is 11.2. The van der Waals surface area contributed by atoms with Gasteiger partial charge in [0.05, 0.1) is 6.10 Å². The fraction of sp³-hybridized carbons (Fsp3) is 0.731. The molecule has 0 aliphatic heterocycles. The number of hydrogen-bond acceptors (Lipinski definition) is 2. The summed E-state index contributed by atoms with van der Waals surface area (Å²) in [6.07, 6.45) is 15.4. The number of pyridine rings is 1. The molecule has 0 bridgehead atoms. The first-order chi connectivity index (χ1) is 13.5. The van der Waals surface area contributed by atoms with Gasteiger partial charge in [0.2, 0.25) is 0 Å². The van der Waals surface area contributed by atoms with Crippen molar-refractivity contribution in [3.8, 4) is 0 Å². The van der Waals surface area contributed by atoms with E-state index in [1.807, 2.05) is 26.2 Å². The van der Waals surface area contributed by atoms with Gasteiger partial charge in [0.1, 0.15) is 0 Å². The topological polar surface area (TPSA) is 33.1 Å². The second-order valence-electron chi connectivity index (χ2n) is 10.6. The molecule has 8 unspecified atom stereocenters. The van der Waals surface area contributed by atoms with Crippen molar-refractivity contribution in [3.63, 3.8) is 0 Å². The molecule has 1 heterocycles. The zero-order valence-corrected chi connectivity index (χ0v) is 18.1. The van der Waals surface area contributed by atoms with Crippen molar-refractivity contribution in [2.45, 2.75) is 78.7 Å². The predicted molar refractivity (Wildman–Crippen MR) is 114 cm³/mol. The summed E-state index contributed by atoms with van der Waals surface area (Å²) in [5.41, 5.74) is 3.83. The van der Waals surface area contributed by atoms with Crippen molar-refractivity contribution in [1.29, 1.82) is 0 Å². The van der Waals surface area contributed by atoms with Crippen LogP contribution < -0.4 is 0 Å². The van der Waals surface area contributed by atoms with Gasteiger partial charge in [-0.25, -0.2) is 0 Å². The van der Waals surface area contributed by atoms with Crippen LogP contribution in [0.2, 0.25) is 0 Å². The average Bonchev–Trinajstić information content (AvgIpc) is 3.24. The highest BCUT2D eigenvalue weighted by atomic mass is 16.3. The number of aromatic nitrogens is 1. The minimum Gasteiger partial charge on any atom is -0.393 e. The number of aliphatic hydroxyl groups is 1. The molecule has 8 atom stereocenters. The van der Waals surface area contributed by atoms with Gasteiger partial charge < -0.3 is 5.11 Å². The van der Waals surface area contributed by atoms with Crippen LogP contribution in [0, 0.1) is 39.9 Å². The van der Waals surface area contributed by atoms with Gasteiger partial charge in [-0.05, 0) is 96.7 Å². The number of hydrogen-bond donors (Lipinski definition) is 1. The molecular formula is C26H37NO. The van der Waals surface area contributed by atoms with Crippen LogP contribution in [0.1, 0.15) is 78.2 Å². The van der Waals surface area contributed by atoms with Crippen LogP contribution in [0.25, 0.3) is 5.57 Å². The Morgan fingerprint density at radius 1 is 1.11 bits per heavy atom. The molecule has 152 valence electrons. The highest BCUT2D eigenvalue weighted by Gasteiger charge is 2.76. The van der Waals surface area contributed by atoms with Gasteiger partial charge in [-0.1, -0.05) is 39.8 Å². The molecule has 28 heavy (non-hydrogen) atoms. The standard InChI is InChI=1S/C24H31NO.C2H6/c1-22-9-8-20-17(12-21(26)24-13-16(24)7-10-23(20,24)2)19(22)6-5-18(22)15-4-3-11-25-14-15;1-2/h3-5,11,14,16-17,19-21,26H,6-10,12-13H2,1-2H3;1-2H3. The van der Waals surface area contributed by atoms with E-state index in [9.17, 15) is 5.11 Å². The van der Waals surface area contributed by atoms with Crippen LogP contribution in [0.5, 0.6) is 0 Å². The maximum atomic E-state index is 11.2.